The molecular weight excluding hydrogens is 432 g/mol. The Morgan fingerprint density at radius 2 is 1.66 bits per heavy atom. The van der Waals surface area contributed by atoms with Crippen molar-refractivity contribution in [2.75, 3.05) is 23.8 Å². The van der Waals surface area contributed by atoms with Crippen LogP contribution in [0.25, 0.3) is 0 Å². The Labute approximate surface area is 186 Å². The summed E-state index contributed by atoms with van der Waals surface area (Å²) in [6, 6.07) is 12.6. The van der Waals surface area contributed by atoms with Crippen LogP contribution >= 0.6 is 0 Å². The number of ether oxygens (including phenoxy) is 2. The third-order valence-corrected chi connectivity index (χ3v) is 5.57. The highest BCUT2D eigenvalue weighted by Crippen LogP contribution is 2.22. The van der Waals surface area contributed by atoms with E-state index >= 15 is 0 Å². The van der Waals surface area contributed by atoms with Crippen molar-refractivity contribution in [3.05, 3.63) is 66.5 Å². The monoisotopic (exact) mass is 456 g/mol. The van der Waals surface area contributed by atoms with Crippen molar-refractivity contribution in [2.45, 2.75) is 18.7 Å². The van der Waals surface area contributed by atoms with E-state index in [2.05, 4.69) is 33.9 Å². The summed E-state index contributed by atoms with van der Waals surface area (Å²) in [5.74, 6) is 0.812. The molecular formula is C22H24N4O5S. The van der Waals surface area contributed by atoms with Crippen LogP contribution in [0.5, 0.6) is 11.6 Å². The first-order valence-corrected chi connectivity index (χ1v) is 11.3. The van der Waals surface area contributed by atoms with Gasteiger partial charge >= 0.3 is 0 Å². The zero-order valence-corrected chi connectivity index (χ0v) is 18.7. The van der Waals surface area contributed by atoms with Gasteiger partial charge in [0.1, 0.15) is 5.75 Å². The predicted molar refractivity (Wildman–Crippen MR) is 121 cm³/mol. The predicted octanol–water partition coefficient (Wildman–Crippen LogP) is 3.57. The lowest BCUT2D eigenvalue weighted by Crippen LogP contribution is -2.15. The number of rotatable bonds is 9. The average Bonchev–Trinajstić information content (AvgIpc) is 2.78. The molecule has 168 valence electrons. The Morgan fingerprint density at radius 3 is 2.28 bits per heavy atom. The molecule has 10 heteroatoms. The molecule has 3 aromatic rings. The highest BCUT2D eigenvalue weighted by Gasteiger charge is 2.18. The summed E-state index contributed by atoms with van der Waals surface area (Å²) in [7, 11) is -2.55. The van der Waals surface area contributed by atoms with E-state index in [4.69, 9.17) is 9.47 Å². The lowest BCUT2D eigenvalue weighted by molar-refractivity contribution is 0.102. The smallest absolute Gasteiger partial charge is 0.263 e. The van der Waals surface area contributed by atoms with Crippen molar-refractivity contribution >= 4 is 27.4 Å². The van der Waals surface area contributed by atoms with Crippen LogP contribution in [-0.4, -0.2) is 38.0 Å². The Hall–Kier alpha value is -3.66. The second kappa shape index (κ2) is 10.1. The Balaban J connectivity index is 1.65. The quantitative estimate of drug-likeness (QED) is 0.505. The van der Waals surface area contributed by atoms with E-state index in [9.17, 15) is 13.2 Å². The fourth-order valence-electron chi connectivity index (χ4n) is 2.62. The van der Waals surface area contributed by atoms with Gasteiger partial charge < -0.3 is 14.8 Å². The first-order chi connectivity index (χ1) is 15.3. The van der Waals surface area contributed by atoms with Crippen molar-refractivity contribution in [2.24, 2.45) is 5.92 Å². The Morgan fingerprint density at radius 1 is 1.00 bits per heavy atom. The largest absolute Gasteiger partial charge is 0.493 e. The fourth-order valence-corrected chi connectivity index (χ4v) is 3.62. The minimum Gasteiger partial charge on any atom is -0.493 e. The van der Waals surface area contributed by atoms with E-state index in [1.54, 1.807) is 24.3 Å². The number of amides is 1. The topological polar surface area (TPSA) is 120 Å². The molecule has 0 saturated carbocycles. The molecule has 0 unspecified atom stereocenters. The van der Waals surface area contributed by atoms with Crippen LogP contribution < -0.4 is 19.5 Å². The van der Waals surface area contributed by atoms with Gasteiger partial charge in [0.25, 0.3) is 21.8 Å². The van der Waals surface area contributed by atoms with Gasteiger partial charge in [0.05, 0.1) is 18.6 Å². The number of nitrogens with zero attached hydrogens (tertiary/aromatic N) is 2. The number of benzene rings is 2. The summed E-state index contributed by atoms with van der Waals surface area (Å²) in [6.45, 7) is 4.71. The first kappa shape index (κ1) is 23.0. The number of carbonyl (C=O) groups is 1. The number of sulfonamides is 1. The van der Waals surface area contributed by atoms with Crippen LogP contribution in [-0.2, 0) is 10.0 Å². The van der Waals surface area contributed by atoms with Gasteiger partial charge in [0.2, 0.25) is 5.82 Å². The summed E-state index contributed by atoms with van der Waals surface area (Å²) in [5.41, 5.74) is 0.904. The van der Waals surface area contributed by atoms with Crippen LogP contribution in [0.4, 0.5) is 11.5 Å². The van der Waals surface area contributed by atoms with Crippen molar-refractivity contribution in [3.63, 3.8) is 0 Å². The molecule has 0 radical (unpaired) electrons. The van der Waals surface area contributed by atoms with Gasteiger partial charge in [-0.05, 0) is 54.4 Å². The number of aromatic nitrogens is 2. The molecule has 3 rings (SSSR count). The zero-order valence-electron chi connectivity index (χ0n) is 17.9. The Kier molecular flexibility index (Phi) is 7.26. The van der Waals surface area contributed by atoms with Crippen LogP contribution in [0.15, 0.2) is 65.8 Å². The lowest BCUT2D eigenvalue weighted by Gasteiger charge is -2.11. The van der Waals surface area contributed by atoms with Gasteiger partial charge in [-0.3, -0.25) is 9.52 Å². The minimum atomic E-state index is -3.92. The van der Waals surface area contributed by atoms with Gasteiger partial charge in [0, 0.05) is 23.6 Å². The molecule has 1 aromatic heterocycles. The number of hydrogen-bond donors (Lipinski definition) is 2. The third kappa shape index (κ3) is 5.94. The van der Waals surface area contributed by atoms with Gasteiger partial charge in [-0.15, -0.1) is 0 Å². The number of nitrogens with one attached hydrogen (secondary N) is 2. The van der Waals surface area contributed by atoms with Crippen LogP contribution in [0.2, 0.25) is 0 Å². The van der Waals surface area contributed by atoms with E-state index in [1.807, 2.05) is 0 Å². The summed E-state index contributed by atoms with van der Waals surface area (Å²) >= 11 is 0. The minimum absolute atomic E-state index is 0.00476. The van der Waals surface area contributed by atoms with Crippen molar-refractivity contribution in [1.82, 2.24) is 9.97 Å². The molecule has 0 atom stereocenters. The van der Waals surface area contributed by atoms with E-state index in [0.29, 0.717) is 29.5 Å². The summed E-state index contributed by atoms with van der Waals surface area (Å²) in [5, 5.41) is 2.74. The lowest BCUT2D eigenvalue weighted by atomic mass is 10.2. The van der Waals surface area contributed by atoms with Crippen molar-refractivity contribution in [3.8, 4) is 11.6 Å². The van der Waals surface area contributed by atoms with Gasteiger partial charge in [-0.2, -0.15) is 0 Å². The SMILES string of the molecule is COc1nccnc1NS(=O)(=O)c1ccc(NC(=O)c2ccc(OCC(C)C)cc2)cc1. The molecule has 0 aliphatic carbocycles. The standard InChI is InChI=1S/C22H24N4O5S/c1-15(2)14-31-18-8-4-16(5-9-18)21(27)25-17-6-10-19(11-7-17)32(28,29)26-20-22(30-3)24-13-12-23-20/h4-13,15H,14H2,1-3H3,(H,23,26)(H,25,27). The fraction of sp³-hybridized carbons (Fsp3) is 0.227. The Bertz CT molecular complexity index is 1160. The molecule has 9 nitrogen and oxygen atoms in total. The maximum atomic E-state index is 12.6. The molecule has 0 spiro atoms. The number of anilines is 2. The molecule has 2 aromatic carbocycles. The van der Waals surface area contributed by atoms with Gasteiger partial charge in [-0.1, -0.05) is 13.8 Å². The van der Waals surface area contributed by atoms with Crippen LogP contribution in [0, 0.1) is 5.92 Å². The number of hydrogen-bond acceptors (Lipinski definition) is 7. The normalized spacial score (nSPS) is 11.1. The van der Waals surface area contributed by atoms with E-state index in [1.165, 1.54) is 43.8 Å². The molecule has 0 bridgehead atoms. The van der Waals surface area contributed by atoms with Crippen LogP contribution in [0.1, 0.15) is 24.2 Å². The van der Waals surface area contributed by atoms with Crippen LogP contribution in [0.3, 0.4) is 0 Å². The highest BCUT2D eigenvalue weighted by molar-refractivity contribution is 7.92. The summed E-state index contributed by atoms with van der Waals surface area (Å²) in [6.07, 6.45) is 2.74. The molecule has 0 fully saturated rings. The maximum Gasteiger partial charge on any atom is 0.263 e. The molecule has 0 aliphatic rings. The van der Waals surface area contributed by atoms with Gasteiger partial charge in [-0.25, -0.2) is 18.4 Å². The average molecular weight is 457 g/mol. The van der Waals surface area contributed by atoms with Crippen molar-refractivity contribution in [1.29, 1.82) is 0 Å². The molecule has 0 saturated heterocycles. The zero-order chi connectivity index (χ0) is 23.1. The highest BCUT2D eigenvalue weighted by atomic mass is 32.2. The molecule has 2 N–H and O–H groups in total. The molecule has 32 heavy (non-hydrogen) atoms. The summed E-state index contributed by atoms with van der Waals surface area (Å²) < 4.78 is 38.2. The first-order valence-electron chi connectivity index (χ1n) is 9.80. The second-order valence-electron chi connectivity index (χ2n) is 7.23. The van der Waals surface area contributed by atoms with E-state index in [-0.39, 0.29) is 22.5 Å². The summed E-state index contributed by atoms with van der Waals surface area (Å²) in [4.78, 5) is 20.3. The molecule has 1 amide bonds. The maximum absolute atomic E-state index is 12.6. The second-order valence-corrected chi connectivity index (χ2v) is 8.91. The van der Waals surface area contributed by atoms with Gasteiger partial charge in [0.15, 0.2) is 0 Å². The van der Waals surface area contributed by atoms with E-state index < -0.39 is 10.0 Å². The van der Waals surface area contributed by atoms with Crippen molar-refractivity contribution < 1.29 is 22.7 Å². The molecule has 1 heterocycles. The number of methoxy groups -OCH3 is 1. The van der Waals surface area contributed by atoms with E-state index in [0.717, 1.165) is 0 Å². The number of carbonyl (C=O) groups excluding carboxylic acids is 1. The third-order valence-electron chi connectivity index (χ3n) is 4.21. The molecule has 0 aliphatic heterocycles.